The highest BCUT2D eigenvalue weighted by molar-refractivity contribution is 7.55. The molecule has 11 N–H and O–H groups in total. The predicted octanol–water partition coefficient (Wildman–Crippen LogP) is -5.20. The summed E-state index contributed by atoms with van der Waals surface area (Å²) in [4.78, 5) is 50.3. The maximum atomic E-state index is 13.4. The molecule has 11 atom stereocenters. The Hall–Kier alpha value is -2.55. The highest BCUT2D eigenvalue weighted by Crippen LogP contribution is 2.61. The van der Waals surface area contributed by atoms with Gasteiger partial charge < -0.3 is 65.7 Å². The minimum absolute atomic E-state index is 0.139. The zero-order chi connectivity index (χ0) is 30.2. The van der Waals surface area contributed by atoms with Crippen LogP contribution in [0.3, 0.4) is 0 Å². The molecule has 1 aromatic heterocycles. The molecule has 2 fully saturated rings. The normalized spacial score (nSPS) is 35.5. The number of aliphatic hydroxyl groups is 6. The first kappa shape index (κ1) is 32.0. The van der Waals surface area contributed by atoms with Crippen molar-refractivity contribution in [2.24, 2.45) is 0 Å². The second-order valence-electron chi connectivity index (χ2n) is 9.32. The van der Waals surface area contributed by atoms with Gasteiger partial charge in [0.25, 0.3) is 5.34 Å². The SMILES string of the molecule is CC(=O)N[C@H]1[C@H]([C@H](O)[C@H](O)CO)O[C@@](C(=O)O)(P(=O)(O)OC[C@H]2O[C@@H](n3ccc(N)nc3=O)[C@H](O)[C@@H]2O)C[C@@H]1O. The van der Waals surface area contributed by atoms with Crippen LogP contribution in [-0.2, 0) is 28.2 Å². The Labute approximate surface area is 224 Å². The van der Waals surface area contributed by atoms with Gasteiger partial charge in [0.05, 0.1) is 25.4 Å². The fourth-order valence-electron chi connectivity index (χ4n) is 4.43. The molecule has 1 aromatic rings. The van der Waals surface area contributed by atoms with Gasteiger partial charge in [0.15, 0.2) is 6.23 Å². The quantitative estimate of drug-likeness (QED) is 0.112. The molecule has 1 amide bonds. The van der Waals surface area contributed by atoms with Crippen LogP contribution < -0.4 is 16.7 Å². The van der Waals surface area contributed by atoms with E-state index in [1.807, 2.05) is 0 Å². The van der Waals surface area contributed by atoms with Gasteiger partial charge in [0, 0.05) is 19.5 Å². The molecule has 1 unspecified atom stereocenters. The zero-order valence-electron chi connectivity index (χ0n) is 20.8. The van der Waals surface area contributed by atoms with Gasteiger partial charge in [-0.1, -0.05) is 0 Å². The Morgan fingerprint density at radius 3 is 2.52 bits per heavy atom. The molecule has 226 valence electrons. The van der Waals surface area contributed by atoms with Crippen LogP contribution in [0.15, 0.2) is 17.1 Å². The number of amides is 1. The van der Waals surface area contributed by atoms with E-state index in [1.165, 1.54) is 6.07 Å². The Morgan fingerprint density at radius 2 is 1.98 bits per heavy atom. The van der Waals surface area contributed by atoms with Crippen molar-refractivity contribution in [3.05, 3.63) is 22.7 Å². The number of nitrogens with zero attached hydrogens (tertiary/aromatic N) is 2. The number of carboxylic acids is 1. The number of carbonyl (C=O) groups excluding carboxylic acids is 1. The average molecular weight is 598 g/mol. The van der Waals surface area contributed by atoms with E-state index in [-0.39, 0.29) is 5.82 Å². The number of nitrogen functional groups attached to an aromatic ring is 1. The summed E-state index contributed by atoms with van der Waals surface area (Å²) in [6.45, 7) is -1.10. The number of aliphatic carboxylic acids is 1. The van der Waals surface area contributed by atoms with Crippen LogP contribution in [-0.4, -0.2) is 129 Å². The molecule has 3 heterocycles. The predicted molar refractivity (Wildman–Crippen MR) is 127 cm³/mol. The van der Waals surface area contributed by atoms with Crippen molar-refractivity contribution in [3.8, 4) is 0 Å². The third-order valence-corrected chi connectivity index (χ3v) is 8.43. The minimum atomic E-state index is -5.60. The first-order chi connectivity index (χ1) is 18.6. The summed E-state index contributed by atoms with van der Waals surface area (Å²) in [6.07, 6.45) is -14.9. The minimum Gasteiger partial charge on any atom is -0.479 e. The van der Waals surface area contributed by atoms with E-state index in [2.05, 4.69) is 10.3 Å². The van der Waals surface area contributed by atoms with Crippen LogP contribution in [0.25, 0.3) is 0 Å². The summed E-state index contributed by atoms with van der Waals surface area (Å²) in [5.74, 6) is -3.05. The molecule has 40 heavy (non-hydrogen) atoms. The van der Waals surface area contributed by atoms with Gasteiger partial charge in [0.2, 0.25) is 5.91 Å². The lowest BCUT2D eigenvalue weighted by Crippen LogP contribution is -2.67. The highest BCUT2D eigenvalue weighted by atomic mass is 31.2. The standard InChI is InChI=1S/C20H31N4O15P/c1-7(26)22-12-8(27)4-20(18(32)33,39-16(12)13(29)9(28)5-25)40(35,36)37-6-10-14(30)15(31)17(38-10)24-3-2-11(21)23-19(24)34/h2-3,8-10,12-17,25,27-31H,4-6H2,1H3,(H,22,26)(H,32,33)(H,35,36)(H2,21,23,34)/t8-,9+,10+,12+,13+,14+,15+,16+,17+,20+/m0/s1. The number of aliphatic hydroxyl groups excluding tert-OH is 6. The number of carbonyl (C=O) groups is 2. The third kappa shape index (κ3) is 6.04. The lowest BCUT2D eigenvalue weighted by Gasteiger charge is -2.47. The second kappa shape index (κ2) is 12.1. The van der Waals surface area contributed by atoms with Crippen molar-refractivity contribution in [2.45, 2.75) is 73.7 Å². The summed E-state index contributed by atoms with van der Waals surface area (Å²) < 4.78 is 29.8. The summed E-state index contributed by atoms with van der Waals surface area (Å²) in [5.41, 5.74) is 4.46. The number of anilines is 1. The highest BCUT2D eigenvalue weighted by Gasteiger charge is 2.65. The van der Waals surface area contributed by atoms with E-state index >= 15 is 0 Å². The lowest BCUT2D eigenvalue weighted by atomic mass is 9.89. The monoisotopic (exact) mass is 598 g/mol. The van der Waals surface area contributed by atoms with Crippen molar-refractivity contribution >= 4 is 25.3 Å². The molecule has 0 radical (unpaired) electrons. The maximum Gasteiger partial charge on any atom is 0.371 e. The molecule has 0 saturated carbocycles. The number of ether oxygens (including phenoxy) is 2. The van der Waals surface area contributed by atoms with E-state index in [1.54, 1.807) is 0 Å². The summed E-state index contributed by atoms with van der Waals surface area (Å²) in [5, 5.41) is 69.8. The van der Waals surface area contributed by atoms with Crippen LogP contribution >= 0.6 is 7.60 Å². The molecule has 0 spiro atoms. The summed E-state index contributed by atoms with van der Waals surface area (Å²) in [6, 6.07) is -0.394. The number of hydrogen-bond donors (Lipinski definition) is 10. The number of nitrogens with one attached hydrogen (secondary N) is 1. The van der Waals surface area contributed by atoms with Gasteiger partial charge in [-0.15, -0.1) is 0 Å². The fraction of sp³-hybridized carbons (Fsp3) is 0.700. The van der Waals surface area contributed by atoms with Crippen LogP contribution in [0, 0.1) is 0 Å². The van der Waals surface area contributed by atoms with Gasteiger partial charge in [-0.2, -0.15) is 4.98 Å². The molecule has 2 aliphatic heterocycles. The molecular formula is C20H31N4O15P. The molecule has 2 saturated heterocycles. The lowest BCUT2D eigenvalue weighted by molar-refractivity contribution is -0.212. The molecule has 3 rings (SSSR count). The van der Waals surface area contributed by atoms with Crippen molar-refractivity contribution in [1.29, 1.82) is 0 Å². The van der Waals surface area contributed by atoms with Gasteiger partial charge in [-0.3, -0.25) is 13.9 Å². The second-order valence-corrected chi connectivity index (χ2v) is 11.3. The third-order valence-electron chi connectivity index (χ3n) is 6.54. The van der Waals surface area contributed by atoms with Crippen LogP contribution in [0.2, 0.25) is 0 Å². The van der Waals surface area contributed by atoms with Crippen molar-refractivity contribution < 1.29 is 68.8 Å². The number of aromatic nitrogens is 2. The van der Waals surface area contributed by atoms with E-state index in [0.717, 1.165) is 17.7 Å². The van der Waals surface area contributed by atoms with Gasteiger partial charge >= 0.3 is 19.3 Å². The molecule has 2 aliphatic rings. The van der Waals surface area contributed by atoms with Crippen LogP contribution in [0.1, 0.15) is 19.6 Å². The van der Waals surface area contributed by atoms with Crippen LogP contribution in [0.5, 0.6) is 0 Å². The topological polar surface area (TPSA) is 314 Å². The molecule has 0 aliphatic carbocycles. The Kier molecular flexibility index (Phi) is 9.70. The van der Waals surface area contributed by atoms with E-state index < -0.39 is 105 Å². The fourth-order valence-corrected chi connectivity index (χ4v) is 5.91. The van der Waals surface area contributed by atoms with E-state index in [4.69, 9.17) is 19.7 Å². The summed E-state index contributed by atoms with van der Waals surface area (Å²) >= 11 is 0. The Morgan fingerprint density at radius 1 is 1.32 bits per heavy atom. The number of carboxylic acid groups (broad SMARTS) is 1. The molecule has 20 heteroatoms. The number of rotatable bonds is 10. The summed E-state index contributed by atoms with van der Waals surface area (Å²) in [7, 11) is -5.60. The average Bonchev–Trinajstić information content (AvgIpc) is 3.15. The Balaban J connectivity index is 1.87. The van der Waals surface area contributed by atoms with Crippen LogP contribution in [0.4, 0.5) is 5.82 Å². The van der Waals surface area contributed by atoms with Crippen molar-refractivity contribution in [2.75, 3.05) is 18.9 Å². The molecule has 19 nitrogen and oxygen atoms in total. The van der Waals surface area contributed by atoms with Gasteiger partial charge in [-0.25, -0.2) is 9.59 Å². The largest absolute Gasteiger partial charge is 0.479 e. The van der Waals surface area contributed by atoms with Crippen molar-refractivity contribution in [1.82, 2.24) is 14.9 Å². The maximum absolute atomic E-state index is 13.4. The smallest absolute Gasteiger partial charge is 0.371 e. The van der Waals surface area contributed by atoms with E-state index in [9.17, 15) is 59.6 Å². The molecular weight excluding hydrogens is 567 g/mol. The van der Waals surface area contributed by atoms with Gasteiger partial charge in [-0.05, 0) is 6.07 Å². The number of hydrogen-bond acceptors (Lipinski definition) is 15. The zero-order valence-corrected chi connectivity index (χ0v) is 21.7. The first-order valence-electron chi connectivity index (χ1n) is 11.7. The Bertz CT molecular complexity index is 1200. The van der Waals surface area contributed by atoms with Gasteiger partial charge in [0.1, 0.15) is 42.4 Å². The number of nitrogens with two attached hydrogens (primary N) is 1. The van der Waals surface area contributed by atoms with E-state index in [0.29, 0.717) is 0 Å². The molecule has 0 aromatic carbocycles. The molecule has 0 bridgehead atoms. The first-order valence-corrected chi connectivity index (χ1v) is 13.3. The van der Waals surface area contributed by atoms with Crippen molar-refractivity contribution in [3.63, 3.8) is 0 Å².